The van der Waals surface area contributed by atoms with Crippen LogP contribution in [0.3, 0.4) is 0 Å². The highest BCUT2D eigenvalue weighted by Crippen LogP contribution is 2.41. The third-order valence-corrected chi connectivity index (χ3v) is 8.00. The number of hydrogen-bond donors (Lipinski definition) is 0. The summed E-state index contributed by atoms with van der Waals surface area (Å²) >= 11 is 0. The first-order valence-corrected chi connectivity index (χ1v) is 11.9. The zero-order chi connectivity index (χ0) is 20.9. The second-order valence-electron chi connectivity index (χ2n) is 8.79. The number of aryl methyl sites for hydroxylation is 1. The van der Waals surface area contributed by atoms with E-state index in [1.165, 1.54) is 4.31 Å². The second-order valence-corrected chi connectivity index (χ2v) is 10.7. The summed E-state index contributed by atoms with van der Waals surface area (Å²) in [5.41, 5.74) is 2.83. The molecule has 0 bridgehead atoms. The zero-order valence-electron chi connectivity index (χ0n) is 17.3. The Hall–Kier alpha value is -1.93. The van der Waals surface area contributed by atoms with Crippen molar-refractivity contribution in [1.29, 1.82) is 0 Å². The molecule has 0 radical (unpaired) electrons. The van der Waals surface area contributed by atoms with Gasteiger partial charge in [-0.3, -0.25) is 9.59 Å². The zero-order valence-corrected chi connectivity index (χ0v) is 18.2. The van der Waals surface area contributed by atoms with E-state index in [2.05, 4.69) is 0 Å². The Balaban J connectivity index is 1.55. The lowest BCUT2D eigenvalue weighted by Crippen LogP contribution is -2.50. The molecular formula is C21H29N3O4S. The predicted octanol–water partition coefficient (Wildman–Crippen LogP) is 1.79. The first kappa shape index (κ1) is 20.3. The molecule has 0 saturated carbocycles. The average Bonchev–Trinajstić information content (AvgIpc) is 3.01. The molecule has 8 heteroatoms. The van der Waals surface area contributed by atoms with Crippen molar-refractivity contribution in [3.05, 3.63) is 23.3 Å². The molecule has 1 aromatic carbocycles. The number of amides is 2. The maximum atomic E-state index is 13.3. The topological polar surface area (TPSA) is 78.0 Å². The highest BCUT2D eigenvalue weighted by Gasteiger charge is 2.38. The van der Waals surface area contributed by atoms with Crippen molar-refractivity contribution in [1.82, 2.24) is 9.21 Å². The van der Waals surface area contributed by atoms with Gasteiger partial charge < -0.3 is 9.80 Å². The molecule has 1 aromatic rings. The third-order valence-electron chi connectivity index (χ3n) is 6.13. The fourth-order valence-corrected chi connectivity index (χ4v) is 6.22. The molecule has 0 aromatic heterocycles. The fourth-order valence-electron chi connectivity index (χ4n) is 4.70. The SMILES string of the molecule is CC(C)CC(=O)N1CCN(S(=O)(=O)c2cc3c4c(c2)C[C@@H](C)N4C(=O)CC3)CC1. The molecule has 0 unspecified atom stereocenters. The van der Waals surface area contributed by atoms with E-state index in [4.69, 9.17) is 0 Å². The Morgan fingerprint density at radius 2 is 1.76 bits per heavy atom. The minimum Gasteiger partial charge on any atom is -0.340 e. The number of carbonyl (C=O) groups is 2. The fraction of sp³-hybridized carbons (Fsp3) is 0.619. The molecule has 3 aliphatic rings. The number of anilines is 1. The lowest BCUT2D eigenvalue weighted by molar-refractivity contribution is -0.133. The van der Waals surface area contributed by atoms with Gasteiger partial charge in [-0.2, -0.15) is 4.31 Å². The molecule has 3 aliphatic heterocycles. The van der Waals surface area contributed by atoms with Crippen LogP contribution in [0.4, 0.5) is 5.69 Å². The third kappa shape index (κ3) is 3.57. The molecule has 2 amide bonds. The molecular weight excluding hydrogens is 390 g/mol. The smallest absolute Gasteiger partial charge is 0.243 e. The van der Waals surface area contributed by atoms with Gasteiger partial charge in [-0.1, -0.05) is 13.8 Å². The molecule has 3 heterocycles. The van der Waals surface area contributed by atoms with Crippen LogP contribution in [-0.4, -0.2) is 61.7 Å². The Bertz CT molecular complexity index is 949. The van der Waals surface area contributed by atoms with Gasteiger partial charge in [0.15, 0.2) is 0 Å². The molecule has 0 N–H and O–H groups in total. The molecule has 0 spiro atoms. The van der Waals surface area contributed by atoms with E-state index >= 15 is 0 Å². The Morgan fingerprint density at radius 3 is 2.41 bits per heavy atom. The summed E-state index contributed by atoms with van der Waals surface area (Å²) in [5, 5.41) is 0. The maximum absolute atomic E-state index is 13.3. The van der Waals surface area contributed by atoms with E-state index in [1.807, 2.05) is 25.7 Å². The summed E-state index contributed by atoms with van der Waals surface area (Å²) in [6.07, 6.45) is 2.20. The summed E-state index contributed by atoms with van der Waals surface area (Å²) in [6.45, 7) is 7.53. The highest BCUT2D eigenvalue weighted by atomic mass is 32.2. The van der Waals surface area contributed by atoms with Crippen LogP contribution in [0.2, 0.25) is 0 Å². The molecule has 1 fully saturated rings. The number of benzene rings is 1. The van der Waals surface area contributed by atoms with Crippen molar-refractivity contribution in [2.24, 2.45) is 5.92 Å². The largest absolute Gasteiger partial charge is 0.340 e. The van der Waals surface area contributed by atoms with Crippen molar-refractivity contribution in [2.75, 3.05) is 31.1 Å². The van der Waals surface area contributed by atoms with Gasteiger partial charge in [0.1, 0.15) is 0 Å². The number of hydrogen-bond acceptors (Lipinski definition) is 4. The lowest BCUT2D eigenvalue weighted by atomic mass is 10.00. The predicted molar refractivity (Wildman–Crippen MR) is 110 cm³/mol. The summed E-state index contributed by atoms with van der Waals surface area (Å²) < 4.78 is 28.1. The van der Waals surface area contributed by atoms with Gasteiger partial charge in [0.2, 0.25) is 21.8 Å². The number of rotatable bonds is 4. The standard InChI is InChI=1S/C21H29N3O4S/c1-14(2)10-20(26)22-6-8-23(9-7-22)29(27,28)18-12-16-4-5-19(25)24-15(3)11-17(13-18)21(16)24/h12-15H,4-11H2,1-3H3/t15-/m1/s1. The van der Waals surface area contributed by atoms with Crippen LogP contribution in [0.5, 0.6) is 0 Å². The monoisotopic (exact) mass is 419 g/mol. The molecule has 1 saturated heterocycles. The molecule has 7 nitrogen and oxygen atoms in total. The highest BCUT2D eigenvalue weighted by molar-refractivity contribution is 7.89. The maximum Gasteiger partial charge on any atom is 0.243 e. The quantitative estimate of drug-likeness (QED) is 0.745. The van der Waals surface area contributed by atoms with Crippen molar-refractivity contribution in [2.45, 2.75) is 57.4 Å². The van der Waals surface area contributed by atoms with Gasteiger partial charge in [-0.25, -0.2) is 8.42 Å². The molecule has 4 rings (SSSR count). The second kappa shape index (κ2) is 7.40. The van der Waals surface area contributed by atoms with Crippen LogP contribution >= 0.6 is 0 Å². The normalized spacial score (nSPS) is 22.3. The Kier molecular flexibility index (Phi) is 5.19. The first-order valence-electron chi connectivity index (χ1n) is 10.4. The first-order chi connectivity index (χ1) is 13.7. The summed E-state index contributed by atoms with van der Waals surface area (Å²) in [4.78, 5) is 28.5. The number of nitrogens with zero attached hydrogens (tertiary/aromatic N) is 3. The van der Waals surface area contributed by atoms with E-state index in [0.717, 1.165) is 16.8 Å². The van der Waals surface area contributed by atoms with Crippen molar-refractivity contribution in [3.8, 4) is 0 Å². The molecule has 158 valence electrons. The molecule has 1 atom stereocenters. The van der Waals surface area contributed by atoms with E-state index < -0.39 is 10.0 Å². The number of sulfonamides is 1. The van der Waals surface area contributed by atoms with Crippen LogP contribution in [-0.2, 0) is 32.5 Å². The van der Waals surface area contributed by atoms with E-state index in [1.54, 1.807) is 17.0 Å². The number of carbonyl (C=O) groups excluding carboxylic acids is 2. The van der Waals surface area contributed by atoms with Gasteiger partial charge in [-0.05, 0) is 48.9 Å². The van der Waals surface area contributed by atoms with Gasteiger partial charge in [0.25, 0.3) is 0 Å². The lowest BCUT2D eigenvalue weighted by Gasteiger charge is -2.34. The summed E-state index contributed by atoms with van der Waals surface area (Å²) in [6, 6.07) is 3.58. The van der Waals surface area contributed by atoms with E-state index in [-0.39, 0.29) is 17.9 Å². The van der Waals surface area contributed by atoms with Gasteiger partial charge in [-0.15, -0.1) is 0 Å². The van der Waals surface area contributed by atoms with Crippen LogP contribution in [0.25, 0.3) is 0 Å². The molecule has 0 aliphatic carbocycles. The minimum atomic E-state index is -3.62. The van der Waals surface area contributed by atoms with E-state index in [0.29, 0.717) is 62.7 Å². The van der Waals surface area contributed by atoms with Crippen molar-refractivity contribution in [3.63, 3.8) is 0 Å². The van der Waals surface area contributed by atoms with Crippen LogP contribution in [0.15, 0.2) is 17.0 Å². The van der Waals surface area contributed by atoms with Gasteiger partial charge in [0, 0.05) is 45.1 Å². The van der Waals surface area contributed by atoms with Gasteiger partial charge in [0.05, 0.1) is 10.6 Å². The van der Waals surface area contributed by atoms with Crippen LogP contribution < -0.4 is 4.90 Å². The van der Waals surface area contributed by atoms with Crippen LogP contribution in [0.1, 0.15) is 44.7 Å². The van der Waals surface area contributed by atoms with Crippen LogP contribution in [0, 0.1) is 5.92 Å². The summed E-state index contributed by atoms with van der Waals surface area (Å²) in [7, 11) is -3.62. The average molecular weight is 420 g/mol. The minimum absolute atomic E-state index is 0.0741. The number of piperazine rings is 1. The van der Waals surface area contributed by atoms with Crippen molar-refractivity contribution < 1.29 is 18.0 Å². The Labute approximate surface area is 172 Å². The van der Waals surface area contributed by atoms with Crippen molar-refractivity contribution >= 4 is 27.5 Å². The van der Waals surface area contributed by atoms with Gasteiger partial charge >= 0.3 is 0 Å². The summed E-state index contributed by atoms with van der Waals surface area (Å²) in [5.74, 6) is 0.515. The Morgan fingerprint density at radius 1 is 1.10 bits per heavy atom. The molecule has 29 heavy (non-hydrogen) atoms. The van der Waals surface area contributed by atoms with E-state index in [9.17, 15) is 18.0 Å².